The predicted molar refractivity (Wildman–Crippen MR) is 70.3 cm³/mol. The van der Waals surface area contributed by atoms with Gasteiger partial charge in [0.25, 0.3) is 0 Å². The zero-order chi connectivity index (χ0) is 13.0. The molecule has 104 valence electrons. The second kappa shape index (κ2) is 6.55. The summed E-state index contributed by atoms with van der Waals surface area (Å²) in [7, 11) is 0. The molecule has 18 heavy (non-hydrogen) atoms. The summed E-state index contributed by atoms with van der Waals surface area (Å²) < 4.78 is 11.0. The number of esters is 1. The van der Waals surface area contributed by atoms with Crippen molar-refractivity contribution >= 4 is 5.97 Å². The minimum absolute atomic E-state index is 0.0129. The molecule has 2 rings (SSSR count). The molecule has 3 heteroatoms. The van der Waals surface area contributed by atoms with Crippen molar-refractivity contribution in [1.29, 1.82) is 0 Å². The lowest BCUT2D eigenvalue weighted by atomic mass is 9.89. The van der Waals surface area contributed by atoms with E-state index in [-0.39, 0.29) is 11.9 Å². The first-order valence-electron chi connectivity index (χ1n) is 7.56. The highest BCUT2D eigenvalue weighted by Crippen LogP contribution is 2.39. The van der Waals surface area contributed by atoms with Gasteiger partial charge in [-0.15, -0.1) is 0 Å². The molecule has 0 N–H and O–H groups in total. The normalized spacial score (nSPS) is 31.6. The SMILES string of the molecule is CCCC[C@H](CC)COC(=O)[C@@H]1CC[C@H]2O[C@@H]2C1. The number of carbonyl (C=O) groups is 1. The van der Waals surface area contributed by atoms with E-state index in [4.69, 9.17) is 9.47 Å². The molecule has 0 amide bonds. The summed E-state index contributed by atoms with van der Waals surface area (Å²) in [5, 5.41) is 0. The summed E-state index contributed by atoms with van der Waals surface area (Å²) in [6.07, 6.45) is 8.42. The maximum atomic E-state index is 12.0. The summed E-state index contributed by atoms with van der Waals surface area (Å²) in [6.45, 7) is 4.99. The molecule has 1 aliphatic carbocycles. The third kappa shape index (κ3) is 3.71. The van der Waals surface area contributed by atoms with Crippen LogP contribution in [0.3, 0.4) is 0 Å². The van der Waals surface area contributed by atoms with Crippen LogP contribution in [0.15, 0.2) is 0 Å². The summed E-state index contributed by atoms with van der Waals surface area (Å²) in [5.41, 5.74) is 0. The number of rotatable bonds is 7. The Kier molecular flexibility index (Phi) is 5.04. The highest BCUT2D eigenvalue weighted by molar-refractivity contribution is 5.72. The van der Waals surface area contributed by atoms with Crippen molar-refractivity contribution in [2.75, 3.05) is 6.61 Å². The zero-order valence-electron chi connectivity index (χ0n) is 11.7. The van der Waals surface area contributed by atoms with E-state index < -0.39 is 0 Å². The molecule has 2 fully saturated rings. The van der Waals surface area contributed by atoms with E-state index in [0.29, 0.717) is 24.7 Å². The maximum Gasteiger partial charge on any atom is 0.309 e. The second-order valence-electron chi connectivity index (χ2n) is 5.77. The number of hydrogen-bond donors (Lipinski definition) is 0. The minimum atomic E-state index is 0.0129. The molecule has 0 spiro atoms. The molecular formula is C15H26O3. The van der Waals surface area contributed by atoms with Gasteiger partial charge in [-0.05, 0) is 31.6 Å². The topological polar surface area (TPSA) is 38.8 Å². The lowest BCUT2D eigenvalue weighted by Gasteiger charge is -2.20. The fourth-order valence-corrected chi connectivity index (χ4v) is 2.83. The van der Waals surface area contributed by atoms with Crippen LogP contribution in [0.5, 0.6) is 0 Å². The van der Waals surface area contributed by atoms with Crippen LogP contribution in [-0.2, 0) is 14.3 Å². The van der Waals surface area contributed by atoms with Gasteiger partial charge in [-0.2, -0.15) is 0 Å². The highest BCUT2D eigenvalue weighted by atomic mass is 16.6. The van der Waals surface area contributed by atoms with Crippen LogP contribution in [0.25, 0.3) is 0 Å². The molecule has 0 aromatic rings. The van der Waals surface area contributed by atoms with E-state index in [1.807, 2.05) is 0 Å². The van der Waals surface area contributed by atoms with E-state index in [1.165, 1.54) is 19.3 Å². The standard InChI is InChI=1S/C15H26O3/c1-3-5-6-11(4-2)10-17-15(16)12-7-8-13-14(9-12)18-13/h11-14H,3-10H2,1-2H3/t11-,12+,13+,14+/m0/s1. The van der Waals surface area contributed by atoms with Crippen molar-refractivity contribution in [3.05, 3.63) is 0 Å². The van der Waals surface area contributed by atoms with Crippen molar-refractivity contribution in [2.45, 2.75) is 71.0 Å². The molecule has 0 aromatic heterocycles. The van der Waals surface area contributed by atoms with Crippen LogP contribution in [0, 0.1) is 11.8 Å². The Morgan fingerprint density at radius 2 is 2.17 bits per heavy atom. The van der Waals surface area contributed by atoms with Crippen LogP contribution in [0.2, 0.25) is 0 Å². The van der Waals surface area contributed by atoms with Crippen molar-refractivity contribution in [1.82, 2.24) is 0 Å². The van der Waals surface area contributed by atoms with Crippen LogP contribution in [0.4, 0.5) is 0 Å². The van der Waals surface area contributed by atoms with Gasteiger partial charge in [-0.25, -0.2) is 0 Å². The Morgan fingerprint density at radius 3 is 2.83 bits per heavy atom. The molecule has 1 aliphatic heterocycles. The monoisotopic (exact) mass is 254 g/mol. The van der Waals surface area contributed by atoms with Crippen molar-refractivity contribution in [3.63, 3.8) is 0 Å². The fourth-order valence-electron chi connectivity index (χ4n) is 2.83. The first kappa shape index (κ1) is 13.9. The minimum Gasteiger partial charge on any atom is -0.465 e. The van der Waals surface area contributed by atoms with Crippen LogP contribution < -0.4 is 0 Å². The van der Waals surface area contributed by atoms with E-state index in [0.717, 1.165) is 25.7 Å². The van der Waals surface area contributed by atoms with E-state index in [9.17, 15) is 4.79 Å². The molecule has 0 aromatic carbocycles. The molecular weight excluding hydrogens is 228 g/mol. The van der Waals surface area contributed by atoms with Gasteiger partial charge >= 0.3 is 5.97 Å². The lowest BCUT2D eigenvalue weighted by Crippen LogP contribution is -2.25. The number of hydrogen-bond acceptors (Lipinski definition) is 3. The quantitative estimate of drug-likeness (QED) is 0.517. The molecule has 0 unspecified atom stereocenters. The average molecular weight is 254 g/mol. The summed E-state index contributed by atoms with van der Waals surface area (Å²) in [6, 6.07) is 0. The van der Waals surface area contributed by atoms with Crippen molar-refractivity contribution in [3.8, 4) is 0 Å². The van der Waals surface area contributed by atoms with Gasteiger partial charge in [-0.3, -0.25) is 4.79 Å². The predicted octanol–water partition coefficient (Wildman–Crippen LogP) is 3.31. The number of epoxide rings is 1. The fraction of sp³-hybridized carbons (Fsp3) is 0.933. The highest BCUT2D eigenvalue weighted by Gasteiger charge is 2.46. The molecule has 0 radical (unpaired) electrons. The Morgan fingerprint density at radius 1 is 1.33 bits per heavy atom. The van der Waals surface area contributed by atoms with Crippen LogP contribution >= 0.6 is 0 Å². The van der Waals surface area contributed by atoms with Gasteiger partial charge in [0.1, 0.15) is 0 Å². The number of fused-ring (bicyclic) bond motifs is 1. The molecule has 3 nitrogen and oxygen atoms in total. The van der Waals surface area contributed by atoms with E-state index in [1.54, 1.807) is 0 Å². The maximum absolute atomic E-state index is 12.0. The largest absolute Gasteiger partial charge is 0.465 e. The summed E-state index contributed by atoms with van der Waals surface area (Å²) in [4.78, 5) is 12.0. The van der Waals surface area contributed by atoms with Gasteiger partial charge in [0.05, 0.1) is 24.7 Å². The Bertz CT molecular complexity index is 277. The Balaban J connectivity index is 1.66. The Labute approximate surface area is 110 Å². The molecule has 4 atom stereocenters. The molecule has 1 saturated carbocycles. The van der Waals surface area contributed by atoms with Crippen LogP contribution in [-0.4, -0.2) is 24.8 Å². The average Bonchev–Trinajstić information content (AvgIpc) is 3.16. The zero-order valence-corrected chi connectivity index (χ0v) is 11.7. The smallest absolute Gasteiger partial charge is 0.309 e. The number of unbranched alkanes of at least 4 members (excludes halogenated alkanes) is 1. The van der Waals surface area contributed by atoms with Crippen LogP contribution in [0.1, 0.15) is 58.8 Å². The molecule has 1 saturated heterocycles. The first-order valence-corrected chi connectivity index (χ1v) is 7.56. The number of carbonyl (C=O) groups excluding carboxylic acids is 1. The molecule has 0 bridgehead atoms. The Hall–Kier alpha value is -0.570. The van der Waals surface area contributed by atoms with Gasteiger partial charge in [0, 0.05) is 0 Å². The number of ether oxygens (including phenoxy) is 2. The van der Waals surface area contributed by atoms with Gasteiger partial charge < -0.3 is 9.47 Å². The molecule has 2 aliphatic rings. The van der Waals surface area contributed by atoms with Gasteiger partial charge in [0.15, 0.2) is 0 Å². The lowest BCUT2D eigenvalue weighted by molar-refractivity contribution is -0.151. The summed E-state index contributed by atoms with van der Waals surface area (Å²) in [5.74, 6) is 0.652. The third-order valence-corrected chi connectivity index (χ3v) is 4.34. The third-order valence-electron chi connectivity index (χ3n) is 4.34. The molecule has 1 heterocycles. The van der Waals surface area contributed by atoms with Crippen molar-refractivity contribution < 1.29 is 14.3 Å². The first-order chi connectivity index (χ1) is 8.74. The second-order valence-corrected chi connectivity index (χ2v) is 5.77. The summed E-state index contributed by atoms with van der Waals surface area (Å²) >= 11 is 0. The van der Waals surface area contributed by atoms with Gasteiger partial charge in [0.2, 0.25) is 0 Å². The van der Waals surface area contributed by atoms with Gasteiger partial charge in [-0.1, -0.05) is 33.1 Å². The van der Waals surface area contributed by atoms with Crippen molar-refractivity contribution in [2.24, 2.45) is 11.8 Å². The van der Waals surface area contributed by atoms with E-state index >= 15 is 0 Å². The van der Waals surface area contributed by atoms with E-state index in [2.05, 4.69) is 13.8 Å².